The van der Waals surface area contributed by atoms with Gasteiger partial charge >= 0.3 is 0 Å². The number of anilines is 1. The molecular weight excluding hydrogens is 363 g/mol. The molecule has 0 spiro atoms. The normalized spacial score (nSPS) is 10.8. The van der Waals surface area contributed by atoms with Crippen molar-refractivity contribution < 1.29 is 9.18 Å². The largest absolute Gasteiger partial charge is 0.325 e. The molecule has 27 heavy (non-hydrogen) atoms. The zero-order valence-electron chi connectivity index (χ0n) is 15.5. The molecule has 1 N–H and O–H groups in total. The summed E-state index contributed by atoms with van der Waals surface area (Å²) in [5.41, 5.74) is 3.37. The lowest BCUT2D eigenvalue weighted by molar-refractivity contribution is -0.113. The molecule has 3 rings (SSSR count). The number of aryl methyl sites for hydroxylation is 2. The Kier molecular flexibility index (Phi) is 5.91. The van der Waals surface area contributed by atoms with Gasteiger partial charge in [-0.1, -0.05) is 41.6 Å². The van der Waals surface area contributed by atoms with Gasteiger partial charge in [-0.25, -0.2) is 4.39 Å². The van der Waals surface area contributed by atoms with E-state index in [1.54, 1.807) is 18.2 Å². The first kappa shape index (κ1) is 19.1. The minimum Gasteiger partial charge on any atom is -0.325 e. The van der Waals surface area contributed by atoms with Crippen LogP contribution in [0.2, 0.25) is 0 Å². The van der Waals surface area contributed by atoms with Gasteiger partial charge in [-0.15, -0.1) is 10.2 Å². The molecule has 1 heterocycles. The fourth-order valence-corrected chi connectivity index (χ4v) is 3.59. The van der Waals surface area contributed by atoms with Crippen LogP contribution in [0, 0.1) is 19.7 Å². The van der Waals surface area contributed by atoms with E-state index in [1.807, 2.05) is 43.5 Å². The maximum atomic E-state index is 14.1. The highest BCUT2D eigenvalue weighted by Crippen LogP contribution is 2.26. The molecule has 0 bridgehead atoms. The molecule has 0 saturated carbocycles. The number of nitrogens with zero attached hydrogens (tertiary/aromatic N) is 3. The summed E-state index contributed by atoms with van der Waals surface area (Å²) in [7, 11) is 0. The van der Waals surface area contributed by atoms with Crippen molar-refractivity contribution in [2.24, 2.45) is 0 Å². The predicted octanol–water partition coefficient (Wildman–Crippen LogP) is 4.45. The lowest BCUT2D eigenvalue weighted by atomic mass is 10.1. The summed E-state index contributed by atoms with van der Waals surface area (Å²) in [4.78, 5) is 12.3. The van der Waals surface area contributed by atoms with Gasteiger partial charge in [0.05, 0.1) is 11.3 Å². The van der Waals surface area contributed by atoms with Gasteiger partial charge in [-0.3, -0.25) is 4.79 Å². The number of carbonyl (C=O) groups excluding carboxylic acids is 1. The van der Waals surface area contributed by atoms with Gasteiger partial charge in [0.15, 0.2) is 11.0 Å². The van der Waals surface area contributed by atoms with Crippen LogP contribution in [0.1, 0.15) is 18.1 Å². The highest BCUT2D eigenvalue weighted by molar-refractivity contribution is 7.99. The lowest BCUT2D eigenvalue weighted by Gasteiger charge is -2.10. The summed E-state index contributed by atoms with van der Waals surface area (Å²) >= 11 is 1.28. The van der Waals surface area contributed by atoms with Crippen molar-refractivity contribution in [3.8, 4) is 11.4 Å². The van der Waals surface area contributed by atoms with Crippen molar-refractivity contribution >= 4 is 23.4 Å². The van der Waals surface area contributed by atoms with E-state index in [0.29, 0.717) is 23.1 Å². The van der Waals surface area contributed by atoms with E-state index in [1.165, 1.54) is 17.8 Å². The van der Waals surface area contributed by atoms with Gasteiger partial charge in [0.25, 0.3) is 0 Å². The summed E-state index contributed by atoms with van der Waals surface area (Å²) in [6.07, 6.45) is 0. The first-order chi connectivity index (χ1) is 13.0. The van der Waals surface area contributed by atoms with Crippen LogP contribution in [0.25, 0.3) is 11.4 Å². The summed E-state index contributed by atoms with van der Waals surface area (Å²) in [5, 5.41) is 11.8. The molecule has 0 aliphatic heterocycles. The van der Waals surface area contributed by atoms with Gasteiger partial charge in [-0.05, 0) is 44.5 Å². The Morgan fingerprint density at radius 3 is 2.67 bits per heavy atom. The average molecular weight is 384 g/mol. The maximum Gasteiger partial charge on any atom is 0.234 e. The van der Waals surface area contributed by atoms with Crippen molar-refractivity contribution in [2.45, 2.75) is 32.5 Å². The topological polar surface area (TPSA) is 59.8 Å². The Labute approximate surface area is 162 Å². The molecule has 0 saturated heterocycles. The number of hydrogen-bond donors (Lipinski definition) is 1. The molecule has 0 fully saturated rings. The number of aromatic nitrogens is 3. The summed E-state index contributed by atoms with van der Waals surface area (Å²) in [6, 6.07) is 12.4. The summed E-state index contributed by atoms with van der Waals surface area (Å²) < 4.78 is 15.9. The van der Waals surface area contributed by atoms with E-state index >= 15 is 0 Å². The van der Waals surface area contributed by atoms with Gasteiger partial charge in [0, 0.05) is 12.2 Å². The van der Waals surface area contributed by atoms with E-state index in [0.717, 1.165) is 16.8 Å². The van der Waals surface area contributed by atoms with E-state index < -0.39 is 0 Å². The smallest absolute Gasteiger partial charge is 0.234 e. The quantitative estimate of drug-likeness (QED) is 0.638. The Balaban J connectivity index is 1.71. The van der Waals surface area contributed by atoms with Crippen molar-refractivity contribution in [3.63, 3.8) is 0 Å². The number of thioether (sulfide) groups is 1. The summed E-state index contributed by atoms with van der Waals surface area (Å²) in [5.74, 6) is 0.199. The number of amides is 1. The van der Waals surface area contributed by atoms with Gasteiger partial charge in [0.2, 0.25) is 5.91 Å². The SMILES string of the molecule is CCn1c(SCC(=O)Nc2ccc(C)cc2C)nnc1-c1ccccc1F. The number of hydrogen-bond acceptors (Lipinski definition) is 4. The van der Waals surface area contributed by atoms with Crippen molar-refractivity contribution in [1.82, 2.24) is 14.8 Å². The van der Waals surface area contributed by atoms with Crippen LogP contribution in [0.4, 0.5) is 10.1 Å². The van der Waals surface area contributed by atoms with E-state index in [2.05, 4.69) is 15.5 Å². The molecule has 2 aromatic carbocycles. The molecule has 5 nitrogen and oxygen atoms in total. The predicted molar refractivity (Wildman–Crippen MR) is 106 cm³/mol. The molecule has 0 unspecified atom stereocenters. The van der Waals surface area contributed by atoms with Crippen LogP contribution in [0.3, 0.4) is 0 Å². The third-order valence-corrected chi connectivity index (χ3v) is 5.10. The van der Waals surface area contributed by atoms with Gasteiger partial charge < -0.3 is 9.88 Å². The van der Waals surface area contributed by atoms with E-state index in [9.17, 15) is 9.18 Å². The van der Waals surface area contributed by atoms with Gasteiger partial charge in [-0.2, -0.15) is 0 Å². The summed E-state index contributed by atoms with van der Waals surface area (Å²) in [6.45, 7) is 6.49. The highest BCUT2D eigenvalue weighted by atomic mass is 32.2. The van der Waals surface area contributed by atoms with Crippen molar-refractivity contribution in [1.29, 1.82) is 0 Å². The van der Waals surface area contributed by atoms with Crippen LogP contribution in [-0.2, 0) is 11.3 Å². The molecule has 1 aromatic heterocycles. The Morgan fingerprint density at radius 1 is 1.19 bits per heavy atom. The molecule has 0 aliphatic rings. The second-order valence-electron chi connectivity index (χ2n) is 6.19. The Hall–Kier alpha value is -2.67. The molecule has 1 amide bonds. The van der Waals surface area contributed by atoms with Crippen LogP contribution in [0.15, 0.2) is 47.6 Å². The standard InChI is InChI=1S/C20H21FN4OS/c1-4-25-19(15-7-5-6-8-16(15)21)23-24-20(25)27-12-18(26)22-17-10-9-13(2)11-14(17)3/h5-11H,4,12H2,1-3H3,(H,22,26). The molecule has 0 radical (unpaired) electrons. The average Bonchev–Trinajstić information content (AvgIpc) is 3.05. The van der Waals surface area contributed by atoms with E-state index in [-0.39, 0.29) is 17.5 Å². The van der Waals surface area contributed by atoms with Crippen molar-refractivity contribution in [2.75, 3.05) is 11.1 Å². The molecular formula is C20H21FN4OS. The molecule has 7 heteroatoms. The van der Waals surface area contributed by atoms with Crippen LogP contribution < -0.4 is 5.32 Å². The Bertz CT molecular complexity index is 970. The molecule has 0 aliphatic carbocycles. The number of halogens is 1. The monoisotopic (exact) mass is 384 g/mol. The Morgan fingerprint density at radius 2 is 1.96 bits per heavy atom. The lowest BCUT2D eigenvalue weighted by Crippen LogP contribution is -2.15. The van der Waals surface area contributed by atoms with Crippen molar-refractivity contribution in [3.05, 3.63) is 59.4 Å². The first-order valence-corrected chi connectivity index (χ1v) is 9.66. The minimum absolute atomic E-state index is 0.120. The zero-order valence-corrected chi connectivity index (χ0v) is 16.3. The fourth-order valence-electron chi connectivity index (χ4n) is 2.79. The molecule has 3 aromatic rings. The van der Waals surface area contributed by atoms with Crippen LogP contribution >= 0.6 is 11.8 Å². The third-order valence-electron chi connectivity index (χ3n) is 4.14. The second-order valence-corrected chi connectivity index (χ2v) is 7.13. The van der Waals surface area contributed by atoms with Crippen LogP contribution in [0.5, 0.6) is 0 Å². The van der Waals surface area contributed by atoms with Gasteiger partial charge in [0.1, 0.15) is 5.82 Å². The number of nitrogens with one attached hydrogen (secondary N) is 1. The van der Waals surface area contributed by atoms with E-state index in [4.69, 9.17) is 0 Å². The minimum atomic E-state index is -0.344. The number of rotatable bonds is 6. The number of carbonyl (C=O) groups is 1. The number of benzene rings is 2. The fraction of sp³-hybridized carbons (Fsp3) is 0.250. The first-order valence-electron chi connectivity index (χ1n) is 8.67. The molecule has 0 atom stereocenters. The van der Waals surface area contributed by atoms with Crippen LogP contribution in [-0.4, -0.2) is 26.4 Å². The highest BCUT2D eigenvalue weighted by Gasteiger charge is 2.17. The maximum absolute atomic E-state index is 14.1. The second kappa shape index (κ2) is 8.35. The zero-order chi connectivity index (χ0) is 19.4. The molecule has 140 valence electrons. The third kappa shape index (κ3) is 4.36.